The molecule has 1 heterocycles. The van der Waals surface area contributed by atoms with Gasteiger partial charge in [0.15, 0.2) is 0 Å². The average molecular weight is 339 g/mol. The van der Waals surface area contributed by atoms with Crippen molar-refractivity contribution in [3.63, 3.8) is 0 Å². The third-order valence-electron chi connectivity index (χ3n) is 3.10. The number of nitrogens with one attached hydrogen (secondary N) is 1. The lowest BCUT2D eigenvalue weighted by atomic mass is 9.96. The molecule has 1 atom stereocenters. The van der Waals surface area contributed by atoms with Crippen LogP contribution in [0.3, 0.4) is 0 Å². The Labute approximate surface area is 127 Å². The molecule has 2 nitrogen and oxygen atoms in total. The van der Waals surface area contributed by atoms with Crippen molar-refractivity contribution in [1.82, 2.24) is 10.3 Å². The molecule has 0 bridgehead atoms. The van der Waals surface area contributed by atoms with Crippen molar-refractivity contribution in [1.29, 1.82) is 0 Å². The van der Waals surface area contributed by atoms with E-state index in [4.69, 9.17) is 0 Å². The van der Waals surface area contributed by atoms with Crippen LogP contribution in [0, 0.1) is 5.92 Å². The Morgan fingerprint density at radius 1 is 1.32 bits per heavy atom. The summed E-state index contributed by atoms with van der Waals surface area (Å²) in [5.41, 5.74) is 1.38. The summed E-state index contributed by atoms with van der Waals surface area (Å²) in [7, 11) is 0. The molecule has 0 radical (unpaired) electrons. The van der Waals surface area contributed by atoms with Gasteiger partial charge in [-0.1, -0.05) is 41.1 Å². The zero-order chi connectivity index (χ0) is 13.5. The first-order valence-corrected chi connectivity index (χ1v) is 8.29. The van der Waals surface area contributed by atoms with Crippen LogP contribution < -0.4 is 5.32 Å². The van der Waals surface area contributed by atoms with E-state index in [1.807, 2.05) is 6.20 Å². The van der Waals surface area contributed by atoms with Crippen molar-refractivity contribution >= 4 is 27.3 Å². The van der Waals surface area contributed by atoms with Crippen molar-refractivity contribution in [3.05, 3.63) is 50.9 Å². The number of halogens is 1. The van der Waals surface area contributed by atoms with Gasteiger partial charge in [-0.3, -0.25) is 0 Å². The van der Waals surface area contributed by atoms with Gasteiger partial charge in [-0.05, 0) is 37.1 Å². The zero-order valence-electron chi connectivity index (χ0n) is 11.1. The van der Waals surface area contributed by atoms with E-state index in [-0.39, 0.29) is 0 Å². The summed E-state index contributed by atoms with van der Waals surface area (Å²) in [6, 6.07) is 8.48. The van der Waals surface area contributed by atoms with Crippen LogP contribution in [0.4, 0.5) is 0 Å². The maximum Gasteiger partial charge on any atom is 0.0928 e. The fourth-order valence-corrected chi connectivity index (χ4v) is 3.32. The molecule has 2 rings (SSSR count). The van der Waals surface area contributed by atoms with E-state index in [2.05, 4.69) is 62.8 Å². The van der Waals surface area contributed by atoms with E-state index in [9.17, 15) is 0 Å². The summed E-state index contributed by atoms with van der Waals surface area (Å²) in [5, 5.41) is 6.75. The van der Waals surface area contributed by atoms with Crippen LogP contribution in [-0.4, -0.2) is 18.1 Å². The number of hydrogen-bond acceptors (Lipinski definition) is 3. The number of rotatable bonds is 7. The van der Waals surface area contributed by atoms with Crippen LogP contribution in [0.5, 0.6) is 0 Å². The smallest absolute Gasteiger partial charge is 0.0928 e. The Balaban J connectivity index is 2.03. The second kappa shape index (κ2) is 7.78. The van der Waals surface area contributed by atoms with E-state index >= 15 is 0 Å². The maximum absolute atomic E-state index is 4.41. The molecule has 1 aromatic heterocycles. The standard InChI is InChI=1S/C15H19BrN2S/c1-2-17-11-12(10-15-18-7-8-19-15)9-13-5-3-4-6-14(13)16/h3-8,12,17H,2,9-11H2,1H3. The topological polar surface area (TPSA) is 24.9 Å². The number of benzene rings is 1. The molecule has 0 amide bonds. The van der Waals surface area contributed by atoms with Crippen LogP contribution in [0.25, 0.3) is 0 Å². The molecule has 0 saturated carbocycles. The molecule has 0 fully saturated rings. The normalized spacial score (nSPS) is 12.5. The van der Waals surface area contributed by atoms with Crippen LogP contribution >= 0.6 is 27.3 Å². The minimum atomic E-state index is 0.588. The highest BCUT2D eigenvalue weighted by Gasteiger charge is 2.13. The summed E-state index contributed by atoms with van der Waals surface area (Å²) >= 11 is 5.39. The van der Waals surface area contributed by atoms with Crippen molar-refractivity contribution in [3.8, 4) is 0 Å². The number of thiazole rings is 1. The average Bonchev–Trinajstić information content (AvgIpc) is 2.91. The minimum Gasteiger partial charge on any atom is -0.317 e. The predicted octanol–water partition coefficient (Wildman–Crippen LogP) is 3.92. The van der Waals surface area contributed by atoms with Gasteiger partial charge < -0.3 is 5.32 Å². The Bertz CT molecular complexity index is 485. The summed E-state index contributed by atoms with van der Waals surface area (Å²) in [4.78, 5) is 4.41. The largest absolute Gasteiger partial charge is 0.317 e. The highest BCUT2D eigenvalue weighted by Crippen LogP contribution is 2.22. The van der Waals surface area contributed by atoms with Gasteiger partial charge in [-0.15, -0.1) is 11.3 Å². The summed E-state index contributed by atoms with van der Waals surface area (Å²) < 4.78 is 1.20. The molecular formula is C15H19BrN2S. The molecule has 4 heteroatoms. The maximum atomic E-state index is 4.41. The first-order valence-electron chi connectivity index (χ1n) is 6.62. The number of aromatic nitrogens is 1. The Hall–Kier alpha value is -0.710. The van der Waals surface area contributed by atoms with E-state index in [0.717, 1.165) is 25.9 Å². The monoisotopic (exact) mass is 338 g/mol. The van der Waals surface area contributed by atoms with Crippen LogP contribution in [-0.2, 0) is 12.8 Å². The second-order valence-corrected chi connectivity index (χ2v) is 6.43. The highest BCUT2D eigenvalue weighted by molar-refractivity contribution is 9.10. The zero-order valence-corrected chi connectivity index (χ0v) is 13.5. The van der Waals surface area contributed by atoms with Gasteiger partial charge in [0.2, 0.25) is 0 Å². The van der Waals surface area contributed by atoms with Crippen molar-refractivity contribution in [2.45, 2.75) is 19.8 Å². The summed E-state index contributed by atoms with van der Waals surface area (Å²) in [5.74, 6) is 0.588. The first-order chi connectivity index (χ1) is 9.29. The highest BCUT2D eigenvalue weighted by atomic mass is 79.9. The summed E-state index contributed by atoms with van der Waals surface area (Å²) in [6.45, 7) is 4.21. The van der Waals surface area contributed by atoms with Gasteiger partial charge in [-0.25, -0.2) is 4.98 Å². The molecule has 0 saturated heterocycles. The molecule has 1 unspecified atom stereocenters. The molecule has 1 N–H and O–H groups in total. The lowest BCUT2D eigenvalue weighted by Gasteiger charge is -2.17. The van der Waals surface area contributed by atoms with Gasteiger partial charge in [0.1, 0.15) is 0 Å². The molecule has 0 spiro atoms. The molecule has 0 aliphatic heterocycles. The predicted molar refractivity (Wildman–Crippen MR) is 85.7 cm³/mol. The van der Waals surface area contributed by atoms with E-state index < -0.39 is 0 Å². The Morgan fingerprint density at radius 2 is 2.16 bits per heavy atom. The molecule has 0 aliphatic carbocycles. The third-order valence-corrected chi connectivity index (χ3v) is 4.67. The molecule has 0 aliphatic rings. The van der Waals surface area contributed by atoms with Gasteiger partial charge >= 0.3 is 0 Å². The van der Waals surface area contributed by atoms with Crippen molar-refractivity contribution < 1.29 is 0 Å². The lowest BCUT2D eigenvalue weighted by molar-refractivity contribution is 0.477. The Morgan fingerprint density at radius 3 is 2.84 bits per heavy atom. The van der Waals surface area contributed by atoms with Crippen LogP contribution in [0.15, 0.2) is 40.3 Å². The van der Waals surface area contributed by atoms with Crippen molar-refractivity contribution in [2.24, 2.45) is 5.92 Å². The fraction of sp³-hybridized carbons (Fsp3) is 0.400. The fourth-order valence-electron chi connectivity index (χ4n) is 2.14. The second-order valence-electron chi connectivity index (χ2n) is 4.60. The lowest BCUT2D eigenvalue weighted by Crippen LogP contribution is -2.25. The summed E-state index contributed by atoms with van der Waals surface area (Å²) in [6.07, 6.45) is 4.02. The van der Waals surface area contributed by atoms with Gasteiger partial charge in [0.25, 0.3) is 0 Å². The van der Waals surface area contributed by atoms with Gasteiger partial charge in [0.05, 0.1) is 5.01 Å². The van der Waals surface area contributed by atoms with Crippen LogP contribution in [0.2, 0.25) is 0 Å². The van der Waals surface area contributed by atoms with E-state index in [0.29, 0.717) is 5.92 Å². The van der Waals surface area contributed by atoms with E-state index in [1.165, 1.54) is 15.0 Å². The van der Waals surface area contributed by atoms with Crippen LogP contribution in [0.1, 0.15) is 17.5 Å². The molecular weight excluding hydrogens is 320 g/mol. The van der Waals surface area contributed by atoms with Gasteiger partial charge in [0, 0.05) is 22.5 Å². The molecule has 102 valence electrons. The van der Waals surface area contributed by atoms with Crippen molar-refractivity contribution in [2.75, 3.05) is 13.1 Å². The molecule has 19 heavy (non-hydrogen) atoms. The number of nitrogens with zero attached hydrogens (tertiary/aromatic N) is 1. The first kappa shape index (κ1) is 14.7. The Kier molecular flexibility index (Phi) is 6.01. The third kappa shape index (κ3) is 4.71. The van der Waals surface area contributed by atoms with Gasteiger partial charge in [-0.2, -0.15) is 0 Å². The molecule has 2 aromatic rings. The minimum absolute atomic E-state index is 0.588. The van der Waals surface area contributed by atoms with E-state index in [1.54, 1.807) is 11.3 Å². The quantitative estimate of drug-likeness (QED) is 0.827. The number of hydrogen-bond donors (Lipinski definition) is 1. The molecule has 1 aromatic carbocycles. The SMILES string of the molecule is CCNCC(Cc1nccs1)Cc1ccccc1Br.